The Morgan fingerprint density at radius 2 is 2.44 bits per heavy atom. The lowest BCUT2D eigenvalue weighted by molar-refractivity contribution is 0.348. The van der Waals surface area contributed by atoms with Crippen molar-refractivity contribution in [2.24, 2.45) is 11.7 Å². The van der Waals surface area contributed by atoms with E-state index in [-0.39, 0.29) is 0 Å². The predicted octanol–water partition coefficient (Wildman–Crippen LogP) is 2.30. The van der Waals surface area contributed by atoms with Crippen LogP contribution >= 0.6 is 11.6 Å². The van der Waals surface area contributed by atoms with Crippen LogP contribution in [0, 0.1) is 5.92 Å². The van der Waals surface area contributed by atoms with Crippen LogP contribution in [0.1, 0.15) is 19.8 Å². The predicted molar refractivity (Wildman–Crippen MR) is 67.8 cm³/mol. The highest BCUT2D eigenvalue weighted by Crippen LogP contribution is 2.29. The molecule has 3 nitrogen and oxygen atoms in total. The van der Waals surface area contributed by atoms with Crippen molar-refractivity contribution in [3.8, 4) is 0 Å². The monoisotopic (exact) mass is 239 g/mol. The van der Waals surface area contributed by atoms with Gasteiger partial charge in [-0.15, -0.1) is 0 Å². The molecule has 0 aromatic carbocycles. The number of anilines is 1. The maximum atomic E-state index is 6.15. The molecule has 0 bridgehead atoms. The quantitative estimate of drug-likeness (QED) is 0.861. The van der Waals surface area contributed by atoms with Gasteiger partial charge in [0.05, 0.1) is 10.7 Å². The number of nitrogens with two attached hydrogens (primary N) is 1. The van der Waals surface area contributed by atoms with Gasteiger partial charge < -0.3 is 10.6 Å². The summed E-state index contributed by atoms with van der Waals surface area (Å²) in [4.78, 5) is 6.33. The van der Waals surface area contributed by atoms with E-state index < -0.39 is 0 Å². The number of aromatic nitrogens is 1. The number of halogens is 1. The molecule has 0 amide bonds. The summed E-state index contributed by atoms with van der Waals surface area (Å²) in [6.45, 7) is 4.19. The van der Waals surface area contributed by atoms with E-state index in [2.05, 4.69) is 16.8 Å². The molecule has 0 aliphatic carbocycles. The van der Waals surface area contributed by atoms with Gasteiger partial charge in [0.2, 0.25) is 0 Å². The molecular formula is C12H18ClN3. The Balaban J connectivity index is 2.14. The van der Waals surface area contributed by atoms with E-state index in [0.717, 1.165) is 36.6 Å². The Hall–Kier alpha value is -0.800. The van der Waals surface area contributed by atoms with Gasteiger partial charge in [0.15, 0.2) is 0 Å². The van der Waals surface area contributed by atoms with Crippen LogP contribution in [-0.2, 0) is 0 Å². The first-order valence-corrected chi connectivity index (χ1v) is 6.20. The minimum absolute atomic E-state index is 0.335. The van der Waals surface area contributed by atoms with Gasteiger partial charge in [0.1, 0.15) is 0 Å². The molecule has 2 atom stereocenters. The average Bonchev–Trinajstić information content (AvgIpc) is 2.31. The molecule has 0 spiro atoms. The first kappa shape index (κ1) is 11.7. The number of piperidine rings is 1. The Kier molecular flexibility index (Phi) is 3.66. The zero-order valence-corrected chi connectivity index (χ0v) is 10.3. The number of nitrogens with zero attached hydrogens (tertiary/aromatic N) is 2. The lowest BCUT2D eigenvalue weighted by Crippen LogP contribution is -2.47. The van der Waals surface area contributed by atoms with Crippen molar-refractivity contribution < 1.29 is 0 Å². The number of pyridine rings is 1. The third-order valence-electron chi connectivity index (χ3n) is 3.41. The summed E-state index contributed by atoms with van der Waals surface area (Å²) in [6, 6.07) is 2.31. The molecule has 0 radical (unpaired) electrons. The highest BCUT2D eigenvalue weighted by Gasteiger charge is 2.26. The fourth-order valence-electron chi connectivity index (χ4n) is 2.33. The topological polar surface area (TPSA) is 42.2 Å². The molecule has 1 aliphatic rings. The van der Waals surface area contributed by atoms with Crippen molar-refractivity contribution in [3.63, 3.8) is 0 Å². The van der Waals surface area contributed by atoms with E-state index in [1.807, 2.05) is 6.07 Å². The fraction of sp³-hybridized carbons (Fsp3) is 0.583. The second kappa shape index (κ2) is 5.02. The van der Waals surface area contributed by atoms with Gasteiger partial charge in [-0.2, -0.15) is 0 Å². The molecular weight excluding hydrogens is 222 g/mol. The Morgan fingerprint density at radius 3 is 3.12 bits per heavy atom. The fourth-order valence-corrected chi connectivity index (χ4v) is 2.56. The Bertz CT molecular complexity index is 356. The highest BCUT2D eigenvalue weighted by atomic mass is 35.5. The number of hydrogen-bond acceptors (Lipinski definition) is 3. The van der Waals surface area contributed by atoms with Crippen LogP contribution in [0.25, 0.3) is 0 Å². The standard InChI is InChI=1S/C12H18ClN3/c1-2-9-8-16(6-4-11(9)14)12-3-5-15-7-10(12)13/h3,5,7,9,11H,2,4,6,8,14H2,1H3. The minimum Gasteiger partial charge on any atom is -0.370 e. The van der Waals surface area contributed by atoms with Gasteiger partial charge in [-0.3, -0.25) is 4.98 Å². The smallest absolute Gasteiger partial charge is 0.0822 e. The van der Waals surface area contributed by atoms with E-state index in [1.54, 1.807) is 12.4 Å². The molecule has 2 heterocycles. The summed E-state index contributed by atoms with van der Waals surface area (Å²) in [7, 11) is 0. The van der Waals surface area contributed by atoms with Gasteiger partial charge in [0.25, 0.3) is 0 Å². The third kappa shape index (κ3) is 2.30. The molecule has 2 unspecified atom stereocenters. The van der Waals surface area contributed by atoms with Crippen molar-refractivity contribution >= 4 is 17.3 Å². The highest BCUT2D eigenvalue weighted by molar-refractivity contribution is 6.33. The first-order valence-electron chi connectivity index (χ1n) is 5.82. The summed E-state index contributed by atoms with van der Waals surface area (Å²) in [5.41, 5.74) is 7.18. The Labute approximate surface area is 102 Å². The van der Waals surface area contributed by atoms with Crippen molar-refractivity contribution in [3.05, 3.63) is 23.5 Å². The molecule has 1 saturated heterocycles. The van der Waals surface area contributed by atoms with Crippen molar-refractivity contribution in [1.82, 2.24) is 4.98 Å². The number of hydrogen-bond donors (Lipinski definition) is 1. The molecule has 1 aromatic heterocycles. The molecule has 16 heavy (non-hydrogen) atoms. The van der Waals surface area contributed by atoms with Crippen LogP contribution in [0.4, 0.5) is 5.69 Å². The molecule has 2 N–H and O–H groups in total. The molecule has 4 heteroatoms. The average molecular weight is 240 g/mol. The second-order valence-corrected chi connectivity index (χ2v) is 4.80. The largest absolute Gasteiger partial charge is 0.370 e. The maximum absolute atomic E-state index is 6.15. The number of rotatable bonds is 2. The zero-order chi connectivity index (χ0) is 11.5. The summed E-state index contributed by atoms with van der Waals surface area (Å²) >= 11 is 6.15. The minimum atomic E-state index is 0.335. The van der Waals surface area contributed by atoms with E-state index >= 15 is 0 Å². The summed E-state index contributed by atoms with van der Waals surface area (Å²) in [5.74, 6) is 0.568. The second-order valence-electron chi connectivity index (χ2n) is 4.39. The maximum Gasteiger partial charge on any atom is 0.0822 e. The molecule has 0 saturated carbocycles. The van der Waals surface area contributed by atoms with Crippen molar-refractivity contribution in [1.29, 1.82) is 0 Å². The lowest BCUT2D eigenvalue weighted by Gasteiger charge is -2.38. The van der Waals surface area contributed by atoms with Crippen molar-refractivity contribution in [2.75, 3.05) is 18.0 Å². The SMILES string of the molecule is CCC1CN(c2ccncc2Cl)CCC1N. The van der Waals surface area contributed by atoms with Crippen LogP contribution in [0.3, 0.4) is 0 Å². The Morgan fingerprint density at radius 1 is 1.62 bits per heavy atom. The first-order chi connectivity index (χ1) is 7.72. The van der Waals surface area contributed by atoms with Crippen LogP contribution in [-0.4, -0.2) is 24.1 Å². The van der Waals surface area contributed by atoms with E-state index in [1.165, 1.54) is 0 Å². The van der Waals surface area contributed by atoms with Crippen LogP contribution < -0.4 is 10.6 Å². The molecule has 1 fully saturated rings. The van der Waals surface area contributed by atoms with Gasteiger partial charge >= 0.3 is 0 Å². The molecule has 2 rings (SSSR count). The third-order valence-corrected chi connectivity index (χ3v) is 3.70. The van der Waals surface area contributed by atoms with Crippen LogP contribution in [0.15, 0.2) is 18.5 Å². The van der Waals surface area contributed by atoms with E-state index in [4.69, 9.17) is 17.3 Å². The summed E-state index contributed by atoms with van der Waals surface area (Å²) in [5, 5.41) is 0.729. The lowest BCUT2D eigenvalue weighted by atomic mass is 9.90. The van der Waals surface area contributed by atoms with Gasteiger partial charge in [-0.25, -0.2) is 0 Å². The molecule has 1 aliphatic heterocycles. The zero-order valence-electron chi connectivity index (χ0n) is 9.56. The normalized spacial score (nSPS) is 25.8. The van der Waals surface area contributed by atoms with E-state index in [0.29, 0.717) is 12.0 Å². The van der Waals surface area contributed by atoms with Crippen LogP contribution in [0.2, 0.25) is 5.02 Å². The van der Waals surface area contributed by atoms with Crippen molar-refractivity contribution in [2.45, 2.75) is 25.8 Å². The van der Waals surface area contributed by atoms with Gasteiger partial charge in [0, 0.05) is 31.5 Å². The van der Waals surface area contributed by atoms with Gasteiger partial charge in [-0.05, 0) is 18.4 Å². The summed E-state index contributed by atoms with van der Waals surface area (Å²) < 4.78 is 0. The summed E-state index contributed by atoms with van der Waals surface area (Å²) in [6.07, 6.45) is 5.65. The van der Waals surface area contributed by atoms with Gasteiger partial charge in [-0.1, -0.05) is 24.9 Å². The molecule has 1 aromatic rings. The van der Waals surface area contributed by atoms with Crippen LogP contribution in [0.5, 0.6) is 0 Å². The van der Waals surface area contributed by atoms with E-state index in [9.17, 15) is 0 Å². The molecule has 88 valence electrons.